The molecule has 6 nitrogen and oxygen atoms in total. The first-order chi connectivity index (χ1) is 12.6. The second-order valence-electron chi connectivity index (χ2n) is 5.48. The molecular weight excluding hydrogens is 336 g/mol. The summed E-state index contributed by atoms with van der Waals surface area (Å²) in [6.45, 7) is 3.11. The van der Waals surface area contributed by atoms with E-state index in [4.69, 9.17) is 24.1 Å². The Balaban J connectivity index is 1.89. The molecule has 0 aromatic heterocycles. The molecule has 1 N–H and O–H groups in total. The molecule has 0 saturated carbocycles. The number of hydrogen-bond acceptors (Lipinski definition) is 5. The minimum atomic E-state index is -0.821. The van der Waals surface area contributed by atoms with Gasteiger partial charge in [0.1, 0.15) is 24.7 Å². The van der Waals surface area contributed by atoms with Crippen LogP contribution in [-0.4, -0.2) is 38.0 Å². The Kier molecular flexibility index (Phi) is 7.61. The van der Waals surface area contributed by atoms with Crippen LogP contribution in [0.4, 0.5) is 0 Å². The lowest BCUT2D eigenvalue weighted by Crippen LogP contribution is -2.10. The van der Waals surface area contributed by atoms with Crippen molar-refractivity contribution >= 4 is 5.97 Å². The molecule has 0 aliphatic rings. The Labute approximate surface area is 153 Å². The summed E-state index contributed by atoms with van der Waals surface area (Å²) in [6, 6.07) is 12.8. The van der Waals surface area contributed by atoms with Crippen LogP contribution in [-0.2, 0) is 11.2 Å². The zero-order valence-electron chi connectivity index (χ0n) is 15.1. The highest BCUT2D eigenvalue weighted by Crippen LogP contribution is 2.29. The van der Waals surface area contributed by atoms with Crippen LogP contribution in [0.1, 0.15) is 18.9 Å². The normalized spacial score (nSPS) is 10.2. The van der Waals surface area contributed by atoms with Crippen molar-refractivity contribution in [1.29, 1.82) is 0 Å². The van der Waals surface area contributed by atoms with Crippen LogP contribution in [0.5, 0.6) is 23.0 Å². The maximum Gasteiger partial charge on any atom is 0.303 e. The van der Waals surface area contributed by atoms with Crippen LogP contribution in [0.3, 0.4) is 0 Å². The van der Waals surface area contributed by atoms with Gasteiger partial charge in [-0.1, -0.05) is 12.1 Å². The smallest absolute Gasteiger partial charge is 0.303 e. The third-order valence-electron chi connectivity index (χ3n) is 3.59. The van der Waals surface area contributed by atoms with E-state index in [1.165, 1.54) is 0 Å². The van der Waals surface area contributed by atoms with E-state index in [1.807, 2.05) is 43.3 Å². The summed E-state index contributed by atoms with van der Waals surface area (Å²) in [6.07, 6.45) is 0.536. The first-order valence-corrected chi connectivity index (χ1v) is 8.49. The van der Waals surface area contributed by atoms with Crippen molar-refractivity contribution in [3.63, 3.8) is 0 Å². The number of carbonyl (C=O) groups is 1. The molecule has 0 aliphatic heterocycles. The molecule has 0 spiro atoms. The van der Waals surface area contributed by atoms with Gasteiger partial charge < -0.3 is 24.1 Å². The largest absolute Gasteiger partial charge is 0.497 e. The molecule has 0 amide bonds. The summed E-state index contributed by atoms with van der Waals surface area (Å²) in [5.41, 5.74) is 0.899. The Morgan fingerprint density at radius 3 is 2.46 bits per heavy atom. The molecule has 0 atom stereocenters. The van der Waals surface area contributed by atoms with Crippen molar-refractivity contribution in [2.45, 2.75) is 19.8 Å². The van der Waals surface area contributed by atoms with Gasteiger partial charge in [0.2, 0.25) is 0 Å². The summed E-state index contributed by atoms with van der Waals surface area (Å²) in [5, 5.41) is 8.79. The van der Waals surface area contributed by atoms with Gasteiger partial charge in [0, 0.05) is 12.5 Å². The molecule has 2 rings (SSSR count). The predicted molar refractivity (Wildman–Crippen MR) is 97.6 cm³/mol. The number of benzene rings is 2. The number of ether oxygens (including phenoxy) is 4. The summed E-state index contributed by atoms with van der Waals surface area (Å²) < 4.78 is 22.2. The number of carboxylic acid groups (broad SMARTS) is 1. The van der Waals surface area contributed by atoms with E-state index in [9.17, 15) is 4.79 Å². The van der Waals surface area contributed by atoms with Crippen LogP contribution in [0.2, 0.25) is 0 Å². The quantitative estimate of drug-likeness (QED) is 0.618. The first kappa shape index (κ1) is 19.4. The lowest BCUT2D eigenvalue weighted by Gasteiger charge is -2.14. The molecule has 0 saturated heterocycles. The second-order valence-corrected chi connectivity index (χ2v) is 5.48. The average molecular weight is 360 g/mol. The maximum absolute atomic E-state index is 10.7. The zero-order valence-corrected chi connectivity index (χ0v) is 15.1. The van der Waals surface area contributed by atoms with Gasteiger partial charge in [-0.25, -0.2) is 0 Å². The molecule has 0 heterocycles. The van der Waals surface area contributed by atoms with Gasteiger partial charge in [0.25, 0.3) is 0 Å². The molecule has 6 heteroatoms. The van der Waals surface area contributed by atoms with E-state index < -0.39 is 5.97 Å². The molecule has 0 radical (unpaired) electrons. The van der Waals surface area contributed by atoms with Crippen LogP contribution in [0.25, 0.3) is 0 Å². The number of aryl methyl sites for hydroxylation is 1. The van der Waals surface area contributed by atoms with Crippen molar-refractivity contribution < 1.29 is 28.8 Å². The fourth-order valence-corrected chi connectivity index (χ4v) is 2.35. The monoisotopic (exact) mass is 360 g/mol. The van der Waals surface area contributed by atoms with E-state index in [2.05, 4.69) is 0 Å². The Morgan fingerprint density at radius 2 is 1.73 bits per heavy atom. The second kappa shape index (κ2) is 10.2. The fraction of sp³-hybridized carbons (Fsp3) is 0.350. The van der Waals surface area contributed by atoms with Gasteiger partial charge in [0.15, 0.2) is 11.5 Å². The molecule has 0 bridgehead atoms. The van der Waals surface area contributed by atoms with E-state index in [1.54, 1.807) is 13.2 Å². The number of methoxy groups -OCH3 is 1. The van der Waals surface area contributed by atoms with Gasteiger partial charge in [0.05, 0.1) is 13.7 Å². The SMILES string of the molecule is CCOc1cc(CCC(=O)O)ccc1OCCOc1cccc(OC)c1. The number of carboxylic acids is 1. The standard InChI is InChI=1S/C20H24O6/c1-3-24-19-13-15(8-10-20(21)22)7-9-18(19)26-12-11-25-17-6-4-5-16(14-17)23-2/h4-7,9,13-14H,3,8,10-12H2,1-2H3,(H,21,22). The van der Waals surface area contributed by atoms with E-state index in [-0.39, 0.29) is 6.42 Å². The van der Waals surface area contributed by atoms with Crippen molar-refractivity contribution in [3.8, 4) is 23.0 Å². The first-order valence-electron chi connectivity index (χ1n) is 8.49. The predicted octanol–water partition coefficient (Wildman–Crippen LogP) is 3.57. The van der Waals surface area contributed by atoms with E-state index in [0.717, 1.165) is 11.3 Å². The summed E-state index contributed by atoms with van der Waals surface area (Å²) in [7, 11) is 1.61. The lowest BCUT2D eigenvalue weighted by atomic mass is 10.1. The summed E-state index contributed by atoms with van der Waals surface area (Å²) in [4.78, 5) is 10.7. The zero-order chi connectivity index (χ0) is 18.8. The van der Waals surface area contributed by atoms with Gasteiger partial charge in [-0.3, -0.25) is 4.79 Å². The molecule has 2 aromatic rings. The summed E-state index contributed by atoms with van der Waals surface area (Å²) in [5.74, 6) is 1.84. The number of rotatable bonds is 11. The van der Waals surface area contributed by atoms with Crippen molar-refractivity contribution in [2.24, 2.45) is 0 Å². The van der Waals surface area contributed by atoms with Crippen LogP contribution in [0.15, 0.2) is 42.5 Å². The van der Waals surface area contributed by atoms with Crippen molar-refractivity contribution in [2.75, 3.05) is 26.9 Å². The minimum Gasteiger partial charge on any atom is -0.497 e. The molecule has 0 aliphatic carbocycles. The highest BCUT2D eigenvalue weighted by Gasteiger charge is 2.08. The van der Waals surface area contributed by atoms with Crippen LogP contribution < -0.4 is 18.9 Å². The third kappa shape index (κ3) is 6.20. The van der Waals surface area contributed by atoms with Crippen molar-refractivity contribution in [3.05, 3.63) is 48.0 Å². The fourth-order valence-electron chi connectivity index (χ4n) is 2.35. The third-order valence-corrected chi connectivity index (χ3v) is 3.59. The Bertz CT molecular complexity index is 713. The van der Waals surface area contributed by atoms with Gasteiger partial charge >= 0.3 is 5.97 Å². The molecule has 0 fully saturated rings. The molecule has 140 valence electrons. The van der Waals surface area contributed by atoms with Crippen LogP contribution in [0, 0.1) is 0 Å². The Hall–Kier alpha value is -2.89. The average Bonchev–Trinajstić information content (AvgIpc) is 2.65. The maximum atomic E-state index is 10.7. The van der Waals surface area contributed by atoms with Gasteiger partial charge in [-0.2, -0.15) is 0 Å². The number of aliphatic carboxylic acids is 1. The van der Waals surface area contributed by atoms with Gasteiger partial charge in [-0.05, 0) is 43.2 Å². The Morgan fingerprint density at radius 1 is 0.962 bits per heavy atom. The number of hydrogen-bond donors (Lipinski definition) is 1. The van der Waals surface area contributed by atoms with Crippen LogP contribution >= 0.6 is 0 Å². The van der Waals surface area contributed by atoms with E-state index in [0.29, 0.717) is 43.5 Å². The topological polar surface area (TPSA) is 74.2 Å². The lowest BCUT2D eigenvalue weighted by molar-refractivity contribution is -0.136. The molecule has 0 unspecified atom stereocenters. The molecular formula is C20H24O6. The van der Waals surface area contributed by atoms with Crippen molar-refractivity contribution in [1.82, 2.24) is 0 Å². The highest BCUT2D eigenvalue weighted by molar-refractivity contribution is 5.67. The molecule has 2 aromatic carbocycles. The summed E-state index contributed by atoms with van der Waals surface area (Å²) >= 11 is 0. The molecule has 26 heavy (non-hydrogen) atoms. The highest BCUT2D eigenvalue weighted by atomic mass is 16.5. The van der Waals surface area contributed by atoms with E-state index >= 15 is 0 Å². The minimum absolute atomic E-state index is 0.0835. The van der Waals surface area contributed by atoms with Gasteiger partial charge in [-0.15, -0.1) is 0 Å².